The van der Waals surface area contributed by atoms with Gasteiger partial charge in [-0.15, -0.1) is 0 Å². The lowest BCUT2D eigenvalue weighted by Crippen LogP contribution is -2.01. The van der Waals surface area contributed by atoms with Gasteiger partial charge in [-0.3, -0.25) is 0 Å². The second kappa shape index (κ2) is 5.60. The fraction of sp³-hybridized carbons (Fsp3) is 0.143. The van der Waals surface area contributed by atoms with E-state index in [1.165, 1.54) is 12.1 Å². The van der Waals surface area contributed by atoms with Gasteiger partial charge in [0.25, 0.3) is 0 Å². The van der Waals surface area contributed by atoms with E-state index in [4.69, 9.17) is 10.5 Å². The molecule has 0 saturated carbocycles. The molecule has 0 bridgehead atoms. The van der Waals surface area contributed by atoms with Gasteiger partial charge in [0.2, 0.25) is 0 Å². The molecule has 0 aromatic heterocycles. The third-order valence-corrected chi connectivity index (χ3v) is 2.58. The summed E-state index contributed by atoms with van der Waals surface area (Å²) in [5.74, 6) is -1.14. The van der Waals surface area contributed by atoms with E-state index in [2.05, 4.69) is 0 Å². The largest absolute Gasteiger partial charge is 0.489 e. The van der Waals surface area contributed by atoms with Crippen molar-refractivity contribution in [3.05, 3.63) is 65.2 Å². The first-order valence-electron chi connectivity index (χ1n) is 5.55. The van der Waals surface area contributed by atoms with E-state index in [0.717, 1.165) is 11.6 Å². The lowest BCUT2D eigenvalue weighted by atomic mass is 10.2. The van der Waals surface area contributed by atoms with Crippen molar-refractivity contribution in [1.82, 2.24) is 0 Å². The van der Waals surface area contributed by atoms with Crippen molar-refractivity contribution in [2.24, 2.45) is 5.73 Å². The van der Waals surface area contributed by atoms with Crippen LogP contribution in [-0.2, 0) is 13.2 Å². The summed E-state index contributed by atoms with van der Waals surface area (Å²) in [5, 5.41) is 0. The molecule has 0 atom stereocenters. The lowest BCUT2D eigenvalue weighted by molar-refractivity contribution is 0.297. The van der Waals surface area contributed by atoms with Gasteiger partial charge in [-0.25, -0.2) is 8.78 Å². The van der Waals surface area contributed by atoms with Gasteiger partial charge >= 0.3 is 0 Å². The van der Waals surface area contributed by atoms with E-state index in [1.807, 2.05) is 12.1 Å². The number of hydrogen-bond acceptors (Lipinski definition) is 2. The molecule has 0 unspecified atom stereocenters. The maximum atomic E-state index is 13.4. The van der Waals surface area contributed by atoms with Crippen LogP contribution in [-0.4, -0.2) is 0 Å². The van der Waals surface area contributed by atoms with Gasteiger partial charge in [0.05, 0.1) is 0 Å². The molecule has 0 aliphatic heterocycles. The van der Waals surface area contributed by atoms with Crippen LogP contribution in [0.1, 0.15) is 11.1 Å². The van der Waals surface area contributed by atoms with Crippen LogP contribution in [0.25, 0.3) is 0 Å². The molecule has 0 radical (unpaired) electrons. The highest BCUT2D eigenvalue weighted by molar-refractivity contribution is 5.27. The standard InChI is InChI=1S/C14H13F2NO/c15-13-3-1-2-11(14(13)16)9-18-12-6-4-10(8-17)5-7-12/h1-7H,8-9,17H2. The molecule has 18 heavy (non-hydrogen) atoms. The summed E-state index contributed by atoms with van der Waals surface area (Å²) in [7, 11) is 0. The highest BCUT2D eigenvalue weighted by Crippen LogP contribution is 2.16. The smallest absolute Gasteiger partial charge is 0.165 e. The quantitative estimate of drug-likeness (QED) is 0.904. The predicted molar refractivity (Wildman–Crippen MR) is 65.0 cm³/mol. The highest BCUT2D eigenvalue weighted by Gasteiger charge is 2.07. The maximum Gasteiger partial charge on any atom is 0.165 e. The van der Waals surface area contributed by atoms with Crippen LogP contribution >= 0.6 is 0 Å². The molecule has 2 N–H and O–H groups in total. The molecule has 2 aromatic rings. The second-order valence-corrected chi connectivity index (χ2v) is 3.85. The Balaban J connectivity index is 2.04. The van der Waals surface area contributed by atoms with Gasteiger partial charge < -0.3 is 10.5 Å². The number of benzene rings is 2. The Morgan fingerprint density at radius 2 is 1.72 bits per heavy atom. The van der Waals surface area contributed by atoms with Gasteiger partial charge in [-0.2, -0.15) is 0 Å². The topological polar surface area (TPSA) is 35.2 Å². The van der Waals surface area contributed by atoms with Crippen molar-refractivity contribution in [3.63, 3.8) is 0 Å². The third-order valence-electron chi connectivity index (χ3n) is 2.58. The molecule has 0 saturated heterocycles. The van der Waals surface area contributed by atoms with E-state index < -0.39 is 11.6 Å². The summed E-state index contributed by atoms with van der Waals surface area (Å²) in [5.41, 5.74) is 6.65. The highest BCUT2D eigenvalue weighted by atomic mass is 19.2. The average molecular weight is 249 g/mol. The van der Waals surface area contributed by atoms with Crippen LogP contribution in [0.15, 0.2) is 42.5 Å². The van der Waals surface area contributed by atoms with E-state index in [-0.39, 0.29) is 12.2 Å². The number of nitrogens with two attached hydrogens (primary N) is 1. The summed E-state index contributed by atoms with van der Waals surface area (Å²) >= 11 is 0. The first-order valence-corrected chi connectivity index (χ1v) is 5.55. The number of rotatable bonds is 4. The molecule has 2 rings (SSSR count). The average Bonchev–Trinajstić information content (AvgIpc) is 2.41. The van der Waals surface area contributed by atoms with Gasteiger partial charge in [-0.05, 0) is 23.8 Å². The summed E-state index contributed by atoms with van der Waals surface area (Å²) in [4.78, 5) is 0. The van der Waals surface area contributed by atoms with Crippen LogP contribution < -0.4 is 10.5 Å². The molecule has 2 nitrogen and oxygen atoms in total. The monoisotopic (exact) mass is 249 g/mol. The molecule has 94 valence electrons. The molecule has 0 aliphatic carbocycles. The van der Waals surface area contributed by atoms with Crippen molar-refractivity contribution < 1.29 is 13.5 Å². The molecule has 0 spiro atoms. The third kappa shape index (κ3) is 2.84. The van der Waals surface area contributed by atoms with Crippen LogP contribution in [0, 0.1) is 11.6 Å². The zero-order valence-corrected chi connectivity index (χ0v) is 9.70. The fourth-order valence-corrected chi connectivity index (χ4v) is 1.54. The lowest BCUT2D eigenvalue weighted by Gasteiger charge is -2.08. The minimum atomic E-state index is -0.866. The molecule has 0 fully saturated rings. The molecule has 2 aromatic carbocycles. The first kappa shape index (κ1) is 12.5. The summed E-state index contributed by atoms with van der Waals surface area (Å²) < 4.78 is 31.7. The van der Waals surface area contributed by atoms with Gasteiger partial charge in [0.15, 0.2) is 11.6 Å². The zero-order valence-electron chi connectivity index (χ0n) is 9.70. The minimum Gasteiger partial charge on any atom is -0.489 e. The van der Waals surface area contributed by atoms with Gasteiger partial charge in [0, 0.05) is 12.1 Å². The number of hydrogen-bond donors (Lipinski definition) is 1. The van der Waals surface area contributed by atoms with E-state index in [1.54, 1.807) is 12.1 Å². The van der Waals surface area contributed by atoms with Crippen molar-refractivity contribution in [1.29, 1.82) is 0 Å². The molecule has 4 heteroatoms. The van der Waals surface area contributed by atoms with E-state index >= 15 is 0 Å². The van der Waals surface area contributed by atoms with Gasteiger partial charge in [-0.1, -0.05) is 24.3 Å². The van der Waals surface area contributed by atoms with Crippen molar-refractivity contribution >= 4 is 0 Å². The van der Waals surface area contributed by atoms with E-state index in [9.17, 15) is 8.78 Å². The van der Waals surface area contributed by atoms with Crippen LogP contribution in [0.3, 0.4) is 0 Å². The SMILES string of the molecule is NCc1ccc(OCc2cccc(F)c2F)cc1. The number of halogens is 2. The van der Waals surface area contributed by atoms with Crippen molar-refractivity contribution in [2.45, 2.75) is 13.2 Å². The fourth-order valence-electron chi connectivity index (χ4n) is 1.54. The first-order chi connectivity index (χ1) is 8.70. The van der Waals surface area contributed by atoms with Gasteiger partial charge in [0.1, 0.15) is 12.4 Å². The van der Waals surface area contributed by atoms with Crippen LogP contribution in [0.5, 0.6) is 5.75 Å². The van der Waals surface area contributed by atoms with Crippen LogP contribution in [0.2, 0.25) is 0 Å². The summed E-state index contributed by atoms with van der Waals surface area (Å²) in [6.45, 7) is 0.449. The Hall–Kier alpha value is -1.94. The maximum absolute atomic E-state index is 13.4. The van der Waals surface area contributed by atoms with Crippen molar-refractivity contribution in [2.75, 3.05) is 0 Å². The Bertz CT molecular complexity index is 526. The molecule has 0 amide bonds. The zero-order chi connectivity index (χ0) is 13.0. The molecule has 0 aliphatic rings. The minimum absolute atomic E-state index is 0.00837. The summed E-state index contributed by atoms with van der Waals surface area (Å²) in [6.07, 6.45) is 0. The molecular formula is C14H13F2NO. The summed E-state index contributed by atoms with van der Waals surface area (Å²) in [6, 6.07) is 11.2. The number of ether oxygens (including phenoxy) is 1. The van der Waals surface area contributed by atoms with Crippen molar-refractivity contribution in [3.8, 4) is 5.75 Å². The molecular weight excluding hydrogens is 236 g/mol. The Kier molecular flexibility index (Phi) is 3.89. The van der Waals surface area contributed by atoms with Crippen LogP contribution in [0.4, 0.5) is 8.78 Å². The Morgan fingerprint density at radius 3 is 2.39 bits per heavy atom. The normalized spacial score (nSPS) is 10.4. The second-order valence-electron chi connectivity index (χ2n) is 3.85. The Morgan fingerprint density at radius 1 is 1.00 bits per heavy atom. The molecule has 0 heterocycles. The van der Waals surface area contributed by atoms with E-state index in [0.29, 0.717) is 12.3 Å². The Labute approximate surface area is 104 Å². The predicted octanol–water partition coefficient (Wildman–Crippen LogP) is 3.00.